The summed E-state index contributed by atoms with van der Waals surface area (Å²) in [5.41, 5.74) is 0.898. The SMILES string of the molecule is CCCCC(O)/C=C/c1cc(OC)c(OC)c(OC)c1. The number of ether oxygens (including phenoxy) is 3. The predicted molar refractivity (Wildman–Crippen MR) is 80.7 cm³/mol. The van der Waals surface area contributed by atoms with Gasteiger partial charge < -0.3 is 19.3 Å². The van der Waals surface area contributed by atoms with Crippen molar-refractivity contribution in [3.05, 3.63) is 23.8 Å². The largest absolute Gasteiger partial charge is 0.493 e. The Morgan fingerprint density at radius 3 is 2.15 bits per heavy atom. The van der Waals surface area contributed by atoms with Crippen LogP contribution in [-0.4, -0.2) is 32.5 Å². The van der Waals surface area contributed by atoms with Crippen molar-refractivity contribution < 1.29 is 19.3 Å². The molecule has 4 nitrogen and oxygen atoms in total. The lowest BCUT2D eigenvalue weighted by Crippen LogP contribution is -2.01. The van der Waals surface area contributed by atoms with Crippen LogP contribution in [0, 0.1) is 0 Å². The van der Waals surface area contributed by atoms with Gasteiger partial charge in [-0.3, -0.25) is 0 Å². The van der Waals surface area contributed by atoms with E-state index in [9.17, 15) is 5.11 Å². The molecule has 1 atom stereocenters. The molecule has 0 radical (unpaired) electrons. The molecule has 0 heterocycles. The number of methoxy groups -OCH3 is 3. The van der Waals surface area contributed by atoms with Crippen molar-refractivity contribution in [1.82, 2.24) is 0 Å². The molecule has 0 aliphatic heterocycles. The lowest BCUT2D eigenvalue weighted by molar-refractivity contribution is 0.210. The highest BCUT2D eigenvalue weighted by atomic mass is 16.5. The summed E-state index contributed by atoms with van der Waals surface area (Å²) >= 11 is 0. The number of hydrogen-bond donors (Lipinski definition) is 1. The molecule has 0 aliphatic carbocycles. The van der Waals surface area contributed by atoms with Gasteiger partial charge in [-0.25, -0.2) is 0 Å². The Hall–Kier alpha value is -1.68. The smallest absolute Gasteiger partial charge is 0.203 e. The Kier molecular flexibility index (Phi) is 6.94. The first-order chi connectivity index (χ1) is 9.65. The van der Waals surface area contributed by atoms with Gasteiger partial charge in [-0.15, -0.1) is 0 Å². The molecule has 1 unspecified atom stereocenters. The van der Waals surface area contributed by atoms with Crippen LogP contribution >= 0.6 is 0 Å². The van der Waals surface area contributed by atoms with E-state index < -0.39 is 6.10 Å². The van der Waals surface area contributed by atoms with Gasteiger partial charge in [0.15, 0.2) is 11.5 Å². The minimum atomic E-state index is -0.422. The van der Waals surface area contributed by atoms with Crippen molar-refractivity contribution >= 4 is 6.08 Å². The van der Waals surface area contributed by atoms with Gasteiger partial charge in [0.2, 0.25) is 5.75 Å². The number of aliphatic hydroxyl groups excluding tert-OH is 1. The van der Waals surface area contributed by atoms with E-state index in [0.717, 1.165) is 24.8 Å². The van der Waals surface area contributed by atoms with Crippen LogP contribution in [0.15, 0.2) is 18.2 Å². The van der Waals surface area contributed by atoms with Gasteiger partial charge in [0, 0.05) is 0 Å². The second-order valence-corrected chi connectivity index (χ2v) is 4.53. The Bertz CT molecular complexity index is 415. The minimum Gasteiger partial charge on any atom is -0.493 e. The summed E-state index contributed by atoms with van der Waals surface area (Å²) in [6.07, 6.45) is 6.10. The highest BCUT2D eigenvalue weighted by molar-refractivity contribution is 5.62. The second-order valence-electron chi connectivity index (χ2n) is 4.53. The summed E-state index contributed by atoms with van der Waals surface area (Å²) in [5, 5.41) is 9.82. The van der Waals surface area contributed by atoms with E-state index in [1.54, 1.807) is 27.4 Å². The van der Waals surface area contributed by atoms with Gasteiger partial charge in [-0.1, -0.05) is 31.9 Å². The monoisotopic (exact) mass is 280 g/mol. The van der Waals surface area contributed by atoms with Crippen molar-refractivity contribution in [2.24, 2.45) is 0 Å². The summed E-state index contributed by atoms with van der Waals surface area (Å²) in [6, 6.07) is 3.70. The molecular weight excluding hydrogens is 256 g/mol. The molecule has 1 N–H and O–H groups in total. The van der Waals surface area contributed by atoms with Gasteiger partial charge in [-0.2, -0.15) is 0 Å². The van der Waals surface area contributed by atoms with E-state index in [1.807, 2.05) is 18.2 Å². The first kappa shape index (κ1) is 16.4. The van der Waals surface area contributed by atoms with Gasteiger partial charge in [0.25, 0.3) is 0 Å². The molecule has 1 rings (SSSR count). The molecule has 0 fully saturated rings. The van der Waals surface area contributed by atoms with E-state index in [2.05, 4.69) is 6.92 Å². The molecule has 20 heavy (non-hydrogen) atoms. The summed E-state index contributed by atoms with van der Waals surface area (Å²) in [4.78, 5) is 0. The van der Waals surface area contributed by atoms with Crippen LogP contribution in [0.1, 0.15) is 31.7 Å². The number of aliphatic hydroxyl groups is 1. The zero-order valence-corrected chi connectivity index (χ0v) is 12.7. The normalized spacial score (nSPS) is 12.4. The molecular formula is C16H24O4. The molecule has 0 bridgehead atoms. The van der Waals surface area contributed by atoms with Gasteiger partial charge in [0.05, 0.1) is 27.4 Å². The topological polar surface area (TPSA) is 47.9 Å². The fourth-order valence-corrected chi connectivity index (χ4v) is 1.93. The van der Waals surface area contributed by atoms with Crippen molar-refractivity contribution in [3.63, 3.8) is 0 Å². The molecule has 0 saturated heterocycles. The number of hydrogen-bond acceptors (Lipinski definition) is 4. The van der Waals surface area contributed by atoms with E-state index in [1.165, 1.54) is 0 Å². The third kappa shape index (κ3) is 4.46. The third-order valence-corrected chi connectivity index (χ3v) is 3.05. The molecule has 1 aromatic carbocycles. The summed E-state index contributed by atoms with van der Waals surface area (Å²) in [6.45, 7) is 2.11. The fraction of sp³-hybridized carbons (Fsp3) is 0.500. The fourth-order valence-electron chi connectivity index (χ4n) is 1.93. The van der Waals surface area contributed by atoms with Crippen LogP contribution in [0.25, 0.3) is 6.08 Å². The molecule has 0 aromatic heterocycles. The van der Waals surface area contributed by atoms with Crippen molar-refractivity contribution in [1.29, 1.82) is 0 Å². The Morgan fingerprint density at radius 2 is 1.70 bits per heavy atom. The first-order valence-electron chi connectivity index (χ1n) is 6.82. The number of unbranched alkanes of at least 4 members (excludes halogenated alkanes) is 1. The minimum absolute atomic E-state index is 0.422. The van der Waals surface area contributed by atoms with Crippen LogP contribution in [0.2, 0.25) is 0 Å². The Morgan fingerprint density at radius 1 is 1.10 bits per heavy atom. The summed E-state index contributed by atoms with van der Waals surface area (Å²) in [5.74, 6) is 1.78. The Labute approximate surface area is 121 Å². The Balaban J connectivity index is 2.93. The predicted octanol–water partition coefficient (Wildman–Crippen LogP) is 3.28. The maximum Gasteiger partial charge on any atom is 0.203 e. The first-order valence-corrected chi connectivity index (χ1v) is 6.82. The molecule has 4 heteroatoms. The average molecular weight is 280 g/mol. The molecule has 0 spiro atoms. The van der Waals surface area contributed by atoms with Gasteiger partial charge in [-0.05, 0) is 24.1 Å². The van der Waals surface area contributed by atoms with Crippen molar-refractivity contribution in [2.45, 2.75) is 32.3 Å². The average Bonchev–Trinajstić information content (AvgIpc) is 2.49. The molecule has 0 saturated carbocycles. The zero-order chi connectivity index (χ0) is 15.0. The van der Waals surface area contributed by atoms with Crippen molar-refractivity contribution in [3.8, 4) is 17.2 Å². The lowest BCUT2D eigenvalue weighted by atomic mass is 10.1. The summed E-state index contributed by atoms with van der Waals surface area (Å²) in [7, 11) is 4.74. The molecule has 112 valence electrons. The van der Waals surface area contributed by atoms with Crippen LogP contribution in [0.5, 0.6) is 17.2 Å². The van der Waals surface area contributed by atoms with Crippen molar-refractivity contribution in [2.75, 3.05) is 21.3 Å². The van der Waals surface area contributed by atoms with E-state index in [-0.39, 0.29) is 0 Å². The summed E-state index contributed by atoms with van der Waals surface area (Å²) < 4.78 is 15.8. The molecule has 0 amide bonds. The van der Waals surface area contributed by atoms with E-state index in [4.69, 9.17) is 14.2 Å². The van der Waals surface area contributed by atoms with Crippen LogP contribution in [0.3, 0.4) is 0 Å². The molecule has 0 aliphatic rings. The van der Waals surface area contributed by atoms with Crippen LogP contribution in [0.4, 0.5) is 0 Å². The highest BCUT2D eigenvalue weighted by Crippen LogP contribution is 2.38. The molecule has 1 aromatic rings. The number of rotatable bonds is 8. The van der Waals surface area contributed by atoms with Gasteiger partial charge in [0.1, 0.15) is 0 Å². The van der Waals surface area contributed by atoms with Gasteiger partial charge >= 0.3 is 0 Å². The maximum absolute atomic E-state index is 9.82. The van der Waals surface area contributed by atoms with Crippen LogP contribution in [-0.2, 0) is 0 Å². The van der Waals surface area contributed by atoms with E-state index >= 15 is 0 Å². The quantitative estimate of drug-likeness (QED) is 0.794. The standard InChI is InChI=1S/C16H24O4/c1-5-6-7-13(17)9-8-12-10-14(18-2)16(20-4)15(11-12)19-3/h8-11,13,17H,5-7H2,1-4H3/b9-8+. The number of benzene rings is 1. The van der Waals surface area contributed by atoms with E-state index in [0.29, 0.717) is 17.2 Å². The third-order valence-electron chi connectivity index (χ3n) is 3.05. The van der Waals surface area contributed by atoms with Crippen LogP contribution < -0.4 is 14.2 Å². The second kappa shape index (κ2) is 8.48. The highest BCUT2D eigenvalue weighted by Gasteiger charge is 2.12. The maximum atomic E-state index is 9.82. The zero-order valence-electron chi connectivity index (χ0n) is 12.7. The lowest BCUT2D eigenvalue weighted by Gasteiger charge is -2.13.